The summed E-state index contributed by atoms with van der Waals surface area (Å²) in [6.07, 6.45) is 32.2. The highest BCUT2D eigenvalue weighted by Crippen LogP contribution is 2.60. The molecule has 7 atom stereocenters. The van der Waals surface area contributed by atoms with Crippen LogP contribution in [0.15, 0.2) is 53.5 Å². The van der Waals surface area contributed by atoms with E-state index in [0.29, 0.717) is 12.8 Å². The minimum atomic E-state index is -5.43. The topological polar surface area (TPSA) is 265 Å². The number of anilines is 1. The van der Waals surface area contributed by atoms with Gasteiger partial charge in [-0.25, -0.2) is 13.9 Å². The van der Waals surface area contributed by atoms with Crippen LogP contribution >= 0.6 is 15.6 Å². The van der Waals surface area contributed by atoms with Crippen molar-refractivity contribution in [1.82, 2.24) is 9.55 Å². The largest absolute Gasteiger partial charge is 0.481 e. The van der Waals surface area contributed by atoms with Crippen LogP contribution in [-0.2, 0) is 46.3 Å². The normalized spacial score (nSPS) is 19.7. The second-order valence-electron chi connectivity index (χ2n) is 17.3. The summed E-state index contributed by atoms with van der Waals surface area (Å²) in [5, 5.41) is 20.9. The van der Waals surface area contributed by atoms with E-state index in [-0.39, 0.29) is 18.7 Å². The number of rotatable bonds is 41. The van der Waals surface area contributed by atoms with E-state index in [4.69, 9.17) is 29.0 Å². The van der Waals surface area contributed by atoms with Crippen molar-refractivity contribution in [2.45, 2.75) is 211 Å². The van der Waals surface area contributed by atoms with Gasteiger partial charge < -0.3 is 39.9 Å². The lowest BCUT2D eigenvalue weighted by Crippen LogP contribution is -2.36. The van der Waals surface area contributed by atoms with Crippen molar-refractivity contribution in [3.05, 3.63) is 59.2 Å². The third-order valence-electron chi connectivity index (χ3n) is 11.2. The van der Waals surface area contributed by atoms with Gasteiger partial charge in [-0.1, -0.05) is 134 Å². The third-order valence-corrected chi connectivity index (χ3v) is 13.8. The van der Waals surface area contributed by atoms with Crippen molar-refractivity contribution in [3.63, 3.8) is 0 Å². The first-order valence-electron chi connectivity index (χ1n) is 25.0. The predicted octanol–water partition coefficient (Wildman–Crippen LogP) is 10.0. The smallest absolute Gasteiger partial charge is 0.462 e. The lowest BCUT2D eigenvalue weighted by atomic mass is 10.1. The van der Waals surface area contributed by atoms with E-state index in [1.165, 1.54) is 51.0 Å². The van der Waals surface area contributed by atoms with Gasteiger partial charge in [-0.3, -0.25) is 23.2 Å². The number of phosphoric ester groups is 2. The molecule has 1 saturated heterocycles. The maximum absolute atomic E-state index is 12.8. The summed E-state index contributed by atoms with van der Waals surface area (Å²) in [6.45, 7) is 2.10. The Hall–Kier alpha value is -3.02. The number of esters is 2. The van der Waals surface area contributed by atoms with E-state index in [2.05, 4.69) is 59.6 Å². The number of phosphoric acid groups is 2. The molecular formula is C48H83N3O15P2. The molecule has 0 bridgehead atoms. The molecule has 0 spiro atoms. The highest BCUT2D eigenvalue weighted by atomic mass is 31.3. The average Bonchev–Trinajstić information content (AvgIpc) is 3.57. The lowest BCUT2D eigenvalue weighted by Gasteiger charge is -2.21. The maximum Gasteiger partial charge on any atom is 0.481 e. The molecule has 20 heteroatoms. The number of hydrogen-bond acceptors (Lipinski definition) is 15. The number of nitrogen functional groups attached to an aromatic ring is 1. The minimum Gasteiger partial charge on any atom is -0.462 e. The number of carbonyl (C=O) groups excluding carboxylic acids is 2. The number of nitrogens with zero attached hydrogens (tertiary/aromatic N) is 2. The third kappa shape index (κ3) is 29.2. The van der Waals surface area contributed by atoms with E-state index in [1.807, 2.05) is 0 Å². The van der Waals surface area contributed by atoms with Gasteiger partial charge in [0.15, 0.2) is 12.3 Å². The van der Waals surface area contributed by atoms with E-state index in [1.54, 1.807) is 0 Å². The van der Waals surface area contributed by atoms with E-state index in [0.717, 1.165) is 107 Å². The number of aliphatic hydroxyl groups is 2. The van der Waals surface area contributed by atoms with Gasteiger partial charge in [-0.15, -0.1) is 0 Å². The van der Waals surface area contributed by atoms with Gasteiger partial charge in [-0.05, 0) is 76.7 Å². The number of hydrogen-bond donors (Lipinski definition) is 5. The number of allylic oxidation sites excluding steroid dienone is 6. The zero-order valence-electron chi connectivity index (χ0n) is 40.7. The first-order valence-corrected chi connectivity index (χ1v) is 28.0. The fourth-order valence-corrected chi connectivity index (χ4v) is 9.39. The van der Waals surface area contributed by atoms with Crippen LogP contribution in [-0.4, -0.2) is 85.7 Å². The molecule has 2 heterocycles. The van der Waals surface area contributed by atoms with Crippen molar-refractivity contribution < 1.29 is 66.3 Å². The molecule has 0 amide bonds. The Morgan fingerprint density at radius 3 is 1.76 bits per heavy atom. The van der Waals surface area contributed by atoms with Gasteiger partial charge in [0.05, 0.1) is 13.2 Å². The summed E-state index contributed by atoms with van der Waals surface area (Å²) in [6, 6.07) is 1.25. The fourth-order valence-electron chi connectivity index (χ4n) is 7.28. The van der Waals surface area contributed by atoms with E-state index in [9.17, 15) is 43.5 Å². The summed E-state index contributed by atoms with van der Waals surface area (Å²) < 4.78 is 56.7. The molecule has 0 aromatic carbocycles. The number of unbranched alkanes of at least 4 members (excludes halogenated alkanes) is 19. The Balaban J connectivity index is 1.81. The molecule has 3 unspecified atom stereocenters. The molecule has 0 radical (unpaired) electrons. The lowest BCUT2D eigenvalue weighted by molar-refractivity contribution is -0.161. The summed E-state index contributed by atoms with van der Waals surface area (Å²) in [7, 11) is -10.8. The summed E-state index contributed by atoms with van der Waals surface area (Å²) in [5.74, 6) is -1.31. The molecule has 6 N–H and O–H groups in total. The van der Waals surface area contributed by atoms with Crippen LogP contribution in [0.2, 0.25) is 0 Å². The second-order valence-corrected chi connectivity index (χ2v) is 20.4. The molecule has 1 aromatic heterocycles. The van der Waals surface area contributed by atoms with Gasteiger partial charge in [-0.2, -0.15) is 9.29 Å². The summed E-state index contributed by atoms with van der Waals surface area (Å²) in [5.41, 5.74) is 4.59. The Kier molecular flexibility index (Phi) is 33.1. The van der Waals surface area contributed by atoms with Gasteiger partial charge >= 0.3 is 33.3 Å². The second kappa shape index (κ2) is 36.9. The molecular weight excluding hydrogens is 920 g/mol. The predicted molar refractivity (Wildman–Crippen MR) is 261 cm³/mol. The van der Waals surface area contributed by atoms with Crippen molar-refractivity contribution >= 4 is 33.4 Å². The highest BCUT2D eigenvalue weighted by molar-refractivity contribution is 7.61. The maximum atomic E-state index is 12.8. The molecule has 1 aromatic rings. The number of nitrogens with two attached hydrogens (primary N) is 1. The van der Waals surface area contributed by atoms with E-state index >= 15 is 0 Å². The minimum absolute atomic E-state index is 0.0422. The van der Waals surface area contributed by atoms with Crippen molar-refractivity contribution in [1.29, 1.82) is 0 Å². The molecule has 0 aliphatic carbocycles. The van der Waals surface area contributed by atoms with Crippen LogP contribution in [0.3, 0.4) is 0 Å². The van der Waals surface area contributed by atoms with Crippen molar-refractivity contribution in [2.24, 2.45) is 0 Å². The van der Waals surface area contributed by atoms with Crippen LogP contribution < -0.4 is 11.4 Å². The van der Waals surface area contributed by atoms with Crippen LogP contribution in [0, 0.1) is 0 Å². The van der Waals surface area contributed by atoms with Gasteiger partial charge in [0.25, 0.3) is 0 Å². The number of carbonyl (C=O) groups is 2. The summed E-state index contributed by atoms with van der Waals surface area (Å²) >= 11 is 0. The SMILES string of the molecule is CCCCC/C=C\C/C=C\CCCCCCCC(=O)OC[C@H](COP(=O)(O)OP(=O)(O)OC[C@H]1O[C@@H](n2ccc(N)nc2=O)C(O)[C@H]1O)OC(=O)CCCCCCCCC/C=C\CCCCCC. The molecule has 18 nitrogen and oxygen atoms in total. The van der Waals surface area contributed by atoms with Gasteiger partial charge in [0.2, 0.25) is 0 Å². The van der Waals surface area contributed by atoms with E-state index < -0.39 is 83.7 Å². The van der Waals surface area contributed by atoms with Crippen molar-refractivity contribution in [2.75, 3.05) is 25.6 Å². The molecule has 390 valence electrons. The van der Waals surface area contributed by atoms with Crippen LogP contribution in [0.4, 0.5) is 5.82 Å². The molecule has 1 fully saturated rings. The average molecular weight is 1000 g/mol. The van der Waals surface area contributed by atoms with Crippen LogP contribution in [0.25, 0.3) is 0 Å². The molecule has 68 heavy (non-hydrogen) atoms. The Morgan fingerprint density at radius 2 is 1.19 bits per heavy atom. The Labute approximate surface area is 404 Å². The number of ether oxygens (including phenoxy) is 3. The zero-order valence-corrected chi connectivity index (χ0v) is 42.4. The monoisotopic (exact) mass is 1000 g/mol. The highest BCUT2D eigenvalue weighted by Gasteiger charge is 2.46. The van der Waals surface area contributed by atoms with Crippen LogP contribution in [0.1, 0.15) is 187 Å². The molecule has 1 aliphatic rings. The number of aromatic nitrogens is 2. The first kappa shape index (κ1) is 61.1. The quantitative estimate of drug-likeness (QED) is 0.0177. The van der Waals surface area contributed by atoms with Crippen LogP contribution in [0.5, 0.6) is 0 Å². The summed E-state index contributed by atoms with van der Waals surface area (Å²) in [4.78, 5) is 61.8. The molecule has 1 aliphatic heterocycles. The van der Waals surface area contributed by atoms with Gasteiger partial charge in [0.1, 0.15) is 30.7 Å². The standard InChI is InChI=1S/C48H83N3O15P2/c1-3-5-7-9-11-13-15-17-19-21-23-25-27-29-31-33-43(52)61-37-40(64-44(53)34-32-30-28-26-24-22-20-18-16-14-12-10-8-6-4-2)38-62-67(57,58)66-68(59,60)63-39-41-45(54)46(55)47(65-41)51-36-35-42(49)50-48(51)56/h11,13-14,16-17,19,35-36,40-41,45-47,54-55H,3-10,12,15,18,20-34,37-39H2,1-2H3,(H,57,58)(H,59,60)(H2,49,50,56)/b13-11-,16-14-,19-17-/t40-,41-,45+,46?,47-/m1/s1. The van der Waals surface area contributed by atoms with Gasteiger partial charge in [0, 0.05) is 19.0 Å². The zero-order chi connectivity index (χ0) is 49.9. The Morgan fingerprint density at radius 1 is 0.706 bits per heavy atom. The number of aliphatic hydroxyl groups excluding tert-OH is 2. The Bertz CT molecular complexity index is 1780. The van der Waals surface area contributed by atoms with Crippen molar-refractivity contribution in [3.8, 4) is 0 Å². The first-order chi connectivity index (χ1) is 32.7. The molecule has 2 rings (SSSR count). The molecule has 0 saturated carbocycles. The fraction of sp³-hybridized carbons (Fsp3) is 0.750.